The molecule has 2 rings (SSSR count). The molecular formula is C20H31N3O3. The fourth-order valence-corrected chi connectivity index (χ4v) is 3.18. The summed E-state index contributed by atoms with van der Waals surface area (Å²) in [6.45, 7) is 10.7. The van der Waals surface area contributed by atoms with E-state index >= 15 is 0 Å². The number of carbonyl (C=O) groups is 2. The Bertz CT molecular complexity index is 625. The van der Waals surface area contributed by atoms with Crippen LogP contribution in [0.25, 0.3) is 0 Å². The van der Waals surface area contributed by atoms with E-state index in [9.17, 15) is 9.59 Å². The lowest BCUT2D eigenvalue weighted by Gasteiger charge is -2.32. The molecule has 1 fully saturated rings. The van der Waals surface area contributed by atoms with Crippen LogP contribution in [0.4, 0.5) is 10.5 Å². The van der Waals surface area contributed by atoms with E-state index < -0.39 is 11.7 Å². The third kappa shape index (κ3) is 7.44. The fraction of sp³-hybridized carbons (Fsp3) is 0.600. The molecule has 0 saturated carbocycles. The summed E-state index contributed by atoms with van der Waals surface area (Å²) in [4.78, 5) is 25.4. The Morgan fingerprint density at radius 1 is 1.31 bits per heavy atom. The molecule has 26 heavy (non-hydrogen) atoms. The van der Waals surface area contributed by atoms with Crippen LogP contribution in [0.2, 0.25) is 0 Å². The molecule has 1 saturated heterocycles. The van der Waals surface area contributed by atoms with Crippen LogP contribution >= 0.6 is 0 Å². The Hall–Kier alpha value is -2.08. The SMILES string of the molecule is CC(=O)NCC1CCCN(Cc2cccc(NC(=O)OC(C)(C)C)c2)C1. The zero-order valence-corrected chi connectivity index (χ0v) is 16.3. The van der Waals surface area contributed by atoms with Gasteiger partial charge >= 0.3 is 6.09 Å². The summed E-state index contributed by atoms with van der Waals surface area (Å²) in [6.07, 6.45) is 1.85. The van der Waals surface area contributed by atoms with Crippen molar-refractivity contribution in [3.05, 3.63) is 29.8 Å². The number of carbonyl (C=O) groups excluding carboxylic acids is 2. The van der Waals surface area contributed by atoms with E-state index in [2.05, 4.69) is 21.6 Å². The highest BCUT2D eigenvalue weighted by Gasteiger charge is 2.20. The number of hydrogen-bond donors (Lipinski definition) is 2. The van der Waals surface area contributed by atoms with Crippen LogP contribution < -0.4 is 10.6 Å². The van der Waals surface area contributed by atoms with Crippen molar-refractivity contribution in [2.24, 2.45) is 5.92 Å². The first kappa shape index (κ1) is 20.2. The number of nitrogens with one attached hydrogen (secondary N) is 2. The maximum atomic E-state index is 11.9. The molecular weight excluding hydrogens is 330 g/mol. The topological polar surface area (TPSA) is 70.7 Å². The second kappa shape index (κ2) is 9.03. The van der Waals surface area contributed by atoms with E-state index in [0.717, 1.165) is 50.3 Å². The van der Waals surface area contributed by atoms with Crippen molar-refractivity contribution in [3.8, 4) is 0 Å². The number of piperidine rings is 1. The lowest BCUT2D eigenvalue weighted by atomic mass is 9.97. The monoisotopic (exact) mass is 361 g/mol. The Labute approximate surface area is 156 Å². The summed E-state index contributed by atoms with van der Waals surface area (Å²) in [5, 5.41) is 5.71. The van der Waals surface area contributed by atoms with Gasteiger partial charge in [-0.05, 0) is 63.8 Å². The summed E-state index contributed by atoms with van der Waals surface area (Å²) >= 11 is 0. The standard InChI is InChI=1S/C20H31N3O3/c1-15(24)21-12-17-8-6-10-23(14-17)13-16-7-5-9-18(11-16)22-19(25)26-20(2,3)4/h5,7,9,11,17H,6,8,10,12-14H2,1-4H3,(H,21,24)(H,22,25). The van der Waals surface area contributed by atoms with Gasteiger partial charge in [0.05, 0.1) is 0 Å². The number of amides is 2. The average Bonchev–Trinajstić information content (AvgIpc) is 2.51. The molecule has 1 aromatic carbocycles. The highest BCUT2D eigenvalue weighted by atomic mass is 16.6. The van der Waals surface area contributed by atoms with Crippen molar-refractivity contribution in [1.29, 1.82) is 0 Å². The second-order valence-electron chi connectivity index (χ2n) is 8.01. The van der Waals surface area contributed by atoms with E-state index in [4.69, 9.17) is 4.74 Å². The van der Waals surface area contributed by atoms with E-state index in [1.165, 1.54) is 0 Å². The van der Waals surface area contributed by atoms with Gasteiger partial charge in [0.2, 0.25) is 5.91 Å². The van der Waals surface area contributed by atoms with Crippen LogP contribution in [0.5, 0.6) is 0 Å². The van der Waals surface area contributed by atoms with Gasteiger partial charge in [-0.2, -0.15) is 0 Å². The normalized spacial score (nSPS) is 18.2. The number of likely N-dealkylation sites (tertiary alicyclic amines) is 1. The minimum absolute atomic E-state index is 0.0306. The summed E-state index contributed by atoms with van der Waals surface area (Å²) in [5.74, 6) is 0.527. The fourth-order valence-electron chi connectivity index (χ4n) is 3.18. The molecule has 1 unspecified atom stereocenters. The molecule has 1 aromatic rings. The molecule has 2 N–H and O–H groups in total. The molecule has 144 valence electrons. The van der Waals surface area contributed by atoms with Crippen LogP contribution in [-0.4, -0.2) is 42.1 Å². The Balaban J connectivity index is 1.89. The number of anilines is 1. The molecule has 1 aliphatic heterocycles. The first-order valence-corrected chi connectivity index (χ1v) is 9.27. The summed E-state index contributed by atoms with van der Waals surface area (Å²) < 4.78 is 5.30. The van der Waals surface area contributed by atoms with Crippen molar-refractivity contribution < 1.29 is 14.3 Å². The van der Waals surface area contributed by atoms with Crippen molar-refractivity contribution >= 4 is 17.7 Å². The molecule has 6 heteroatoms. The minimum Gasteiger partial charge on any atom is -0.444 e. The molecule has 6 nitrogen and oxygen atoms in total. The van der Waals surface area contributed by atoms with Crippen LogP contribution in [0.15, 0.2) is 24.3 Å². The molecule has 0 bridgehead atoms. The predicted octanol–water partition coefficient (Wildman–Crippen LogP) is 3.38. The molecule has 0 spiro atoms. The van der Waals surface area contributed by atoms with E-state index in [1.54, 1.807) is 6.92 Å². The van der Waals surface area contributed by atoms with Gasteiger partial charge in [-0.3, -0.25) is 15.0 Å². The summed E-state index contributed by atoms with van der Waals surface area (Å²) in [7, 11) is 0. The average molecular weight is 361 g/mol. The van der Waals surface area contributed by atoms with Crippen LogP contribution in [0, 0.1) is 5.92 Å². The van der Waals surface area contributed by atoms with Gasteiger partial charge in [-0.1, -0.05) is 12.1 Å². The Kier molecular flexibility index (Phi) is 7.03. The molecule has 1 atom stereocenters. The van der Waals surface area contributed by atoms with Gasteiger partial charge in [0.1, 0.15) is 5.60 Å². The number of benzene rings is 1. The van der Waals surface area contributed by atoms with Gasteiger partial charge in [0.15, 0.2) is 0 Å². The lowest BCUT2D eigenvalue weighted by molar-refractivity contribution is -0.119. The van der Waals surface area contributed by atoms with Gasteiger partial charge in [-0.15, -0.1) is 0 Å². The third-order valence-electron chi connectivity index (χ3n) is 4.22. The molecule has 0 aromatic heterocycles. The predicted molar refractivity (Wildman–Crippen MR) is 103 cm³/mol. The van der Waals surface area contributed by atoms with Crippen molar-refractivity contribution in [1.82, 2.24) is 10.2 Å². The van der Waals surface area contributed by atoms with Crippen molar-refractivity contribution in [2.75, 3.05) is 25.0 Å². The summed E-state index contributed by atoms with van der Waals surface area (Å²) in [5.41, 5.74) is 1.38. The first-order valence-electron chi connectivity index (χ1n) is 9.27. The van der Waals surface area contributed by atoms with E-state index in [1.807, 2.05) is 39.0 Å². The van der Waals surface area contributed by atoms with Crippen molar-refractivity contribution in [2.45, 2.75) is 52.7 Å². The van der Waals surface area contributed by atoms with Gasteiger partial charge < -0.3 is 10.1 Å². The van der Waals surface area contributed by atoms with Gasteiger partial charge in [0, 0.05) is 32.2 Å². The number of rotatable bonds is 5. The van der Waals surface area contributed by atoms with Gasteiger partial charge in [0.25, 0.3) is 0 Å². The number of ether oxygens (including phenoxy) is 1. The molecule has 0 radical (unpaired) electrons. The first-order chi connectivity index (χ1) is 12.2. The maximum absolute atomic E-state index is 11.9. The zero-order chi connectivity index (χ0) is 19.2. The Morgan fingerprint density at radius 3 is 2.77 bits per heavy atom. The molecule has 0 aliphatic carbocycles. The Morgan fingerprint density at radius 2 is 2.08 bits per heavy atom. The molecule has 1 aliphatic rings. The smallest absolute Gasteiger partial charge is 0.412 e. The van der Waals surface area contributed by atoms with E-state index in [0.29, 0.717) is 5.92 Å². The van der Waals surface area contributed by atoms with Crippen LogP contribution in [-0.2, 0) is 16.1 Å². The third-order valence-corrected chi connectivity index (χ3v) is 4.22. The number of hydrogen-bond acceptors (Lipinski definition) is 4. The minimum atomic E-state index is -0.515. The summed E-state index contributed by atoms with van der Waals surface area (Å²) in [6, 6.07) is 7.86. The zero-order valence-electron chi connectivity index (χ0n) is 16.3. The van der Waals surface area contributed by atoms with Crippen LogP contribution in [0.1, 0.15) is 46.1 Å². The van der Waals surface area contributed by atoms with Crippen LogP contribution in [0.3, 0.4) is 0 Å². The number of nitrogens with zero attached hydrogens (tertiary/aromatic N) is 1. The highest BCUT2D eigenvalue weighted by molar-refractivity contribution is 5.84. The second-order valence-corrected chi connectivity index (χ2v) is 8.01. The highest BCUT2D eigenvalue weighted by Crippen LogP contribution is 2.20. The quantitative estimate of drug-likeness (QED) is 0.843. The largest absolute Gasteiger partial charge is 0.444 e. The lowest BCUT2D eigenvalue weighted by Crippen LogP contribution is -2.40. The van der Waals surface area contributed by atoms with E-state index in [-0.39, 0.29) is 5.91 Å². The molecule has 1 heterocycles. The maximum Gasteiger partial charge on any atom is 0.412 e. The van der Waals surface area contributed by atoms with Gasteiger partial charge in [-0.25, -0.2) is 4.79 Å². The molecule has 2 amide bonds. The van der Waals surface area contributed by atoms with Crippen molar-refractivity contribution in [3.63, 3.8) is 0 Å².